The number of carbonyl (C=O) groups excluding carboxylic acids is 1. The third-order valence-electron chi connectivity index (χ3n) is 5.23. The lowest BCUT2D eigenvalue weighted by Crippen LogP contribution is -2.38. The fraction of sp³-hybridized carbons (Fsp3) is 0.269. The molecule has 7 heteroatoms. The van der Waals surface area contributed by atoms with Crippen LogP contribution < -0.4 is 0 Å². The lowest BCUT2D eigenvalue weighted by Gasteiger charge is -2.32. The number of furan rings is 1. The molecule has 170 valence electrons. The molecule has 1 atom stereocenters. The minimum absolute atomic E-state index is 0.447. The van der Waals surface area contributed by atoms with Gasteiger partial charge in [-0.2, -0.15) is 0 Å². The molecule has 4 rings (SSSR count). The Morgan fingerprint density at radius 1 is 1.06 bits per heavy atom. The van der Waals surface area contributed by atoms with Gasteiger partial charge in [0, 0.05) is 30.9 Å². The smallest absolute Gasteiger partial charge is 0.234 e. The number of hydrogen-bond donors (Lipinski definition) is 0. The number of benzene rings is 1. The second-order valence-electron chi connectivity index (χ2n) is 8.83. The van der Waals surface area contributed by atoms with E-state index in [0.29, 0.717) is 18.7 Å². The molecule has 0 unspecified atom stereocenters. The van der Waals surface area contributed by atoms with Gasteiger partial charge in [0.2, 0.25) is 6.41 Å². The van der Waals surface area contributed by atoms with Gasteiger partial charge >= 0.3 is 0 Å². The first kappa shape index (κ1) is 22.5. The molecule has 7 nitrogen and oxygen atoms in total. The lowest BCUT2D eigenvalue weighted by molar-refractivity contribution is -0.235. The Morgan fingerprint density at radius 3 is 2.42 bits per heavy atom. The van der Waals surface area contributed by atoms with Crippen molar-refractivity contribution < 1.29 is 14.0 Å². The van der Waals surface area contributed by atoms with Gasteiger partial charge in [0.25, 0.3) is 0 Å². The number of hydroxylamine groups is 2. The lowest BCUT2D eigenvalue weighted by atomic mass is 10.1. The topological polar surface area (TPSA) is 73.4 Å². The summed E-state index contributed by atoms with van der Waals surface area (Å²) in [6.07, 6.45) is 6.41. The highest BCUT2D eigenvalue weighted by atomic mass is 16.7. The fourth-order valence-electron chi connectivity index (χ4n) is 3.74. The number of rotatable bonds is 8. The van der Waals surface area contributed by atoms with Crippen LogP contribution in [0, 0.1) is 0 Å². The average Bonchev–Trinajstić information content (AvgIpc) is 3.47. The van der Waals surface area contributed by atoms with Gasteiger partial charge in [-0.25, -0.2) is 10.0 Å². The molecule has 0 spiro atoms. The standard InChI is InChI=1S/C26H28N4O3/c1-26(2,3)33-30(18-31)22(16-21-8-5-6-14-27-21)25-28-17-23(29(25)4)19-10-12-20(13-11-19)24-9-7-15-32-24/h5-15,17-18,22H,16H2,1-4H3/t22-/m0/s1. The number of hydrogen-bond acceptors (Lipinski definition) is 5. The summed E-state index contributed by atoms with van der Waals surface area (Å²) in [5.74, 6) is 1.53. The molecule has 0 saturated heterocycles. The van der Waals surface area contributed by atoms with Crippen LogP contribution in [0.25, 0.3) is 22.6 Å². The molecule has 1 aromatic carbocycles. The molecule has 0 saturated carbocycles. The molecule has 0 N–H and O–H groups in total. The number of aromatic nitrogens is 3. The van der Waals surface area contributed by atoms with Gasteiger partial charge in [-0.3, -0.25) is 14.6 Å². The summed E-state index contributed by atoms with van der Waals surface area (Å²) in [5, 5.41) is 1.35. The number of imidazole rings is 1. The van der Waals surface area contributed by atoms with Crippen LogP contribution >= 0.6 is 0 Å². The zero-order valence-electron chi connectivity index (χ0n) is 19.3. The minimum Gasteiger partial charge on any atom is -0.464 e. The summed E-state index contributed by atoms with van der Waals surface area (Å²) in [4.78, 5) is 27.2. The number of pyridine rings is 1. The molecular formula is C26H28N4O3. The van der Waals surface area contributed by atoms with Gasteiger partial charge in [0.15, 0.2) is 0 Å². The highest BCUT2D eigenvalue weighted by Crippen LogP contribution is 2.30. The maximum Gasteiger partial charge on any atom is 0.234 e. The van der Waals surface area contributed by atoms with Gasteiger partial charge in [-0.1, -0.05) is 30.3 Å². The zero-order valence-corrected chi connectivity index (χ0v) is 19.3. The first-order chi connectivity index (χ1) is 15.9. The Balaban J connectivity index is 1.68. The van der Waals surface area contributed by atoms with Gasteiger partial charge in [-0.15, -0.1) is 0 Å². The molecule has 0 fully saturated rings. The third-order valence-corrected chi connectivity index (χ3v) is 5.23. The van der Waals surface area contributed by atoms with E-state index >= 15 is 0 Å². The van der Waals surface area contributed by atoms with E-state index in [-0.39, 0.29) is 0 Å². The Labute approximate surface area is 193 Å². The Kier molecular flexibility index (Phi) is 6.42. The van der Waals surface area contributed by atoms with E-state index in [0.717, 1.165) is 28.3 Å². The molecule has 0 aliphatic carbocycles. The first-order valence-electron chi connectivity index (χ1n) is 10.8. The fourth-order valence-corrected chi connectivity index (χ4v) is 3.74. The van der Waals surface area contributed by atoms with Crippen LogP contribution in [0.4, 0.5) is 0 Å². The molecule has 0 radical (unpaired) electrons. The van der Waals surface area contributed by atoms with Crippen LogP contribution in [-0.4, -0.2) is 31.6 Å². The molecule has 4 aromatic rings. The second kappa shape index (κ2) is 9.42. The van der Waals surface area contributed by atoms with Crippen molar-refractivity contribution in [1.82, 2.24) is 19.6 Å². The largest absolute Gasteiger partial charge is 0.464 e. The summed E-state index contributed by atoms with van der Waals surface area (Å²) >= 11 is 0. The molecule has 0 bridgehead atoms. The number of amides is 1. The van der Waals surface area contributed by atoms with Gasteiger partial charge in [0.05, 0.1) is 23.8 Å². The molecular weight excluding hydrogens is 416 g/mol. The van der Waals surface area contributed by atoms with Crippen molar-refractivity contribution in [3.8, 4) is 22.6 Å². The van der Waals surface area contributed by atoms with Crippen molar-refractivity contribution in [2.75, 3.05) is 0 Å². The predicted molar refractivity (Wildman–Crippen MR) is 126 cm³/mol. The third kappa shape index (κ3) is 5.21. The summed E-state index contributed by atoms with van der Waals surface area (Å²) in [6, 6.07) is 17.2. The maximum atomic E-state index is 12.1. The monoisotopic (exact) mass is 444 g/mol. The second-order valence-corrected chi connectivity index (χ2v) is 8.83. The summed E-state index contributed by atoms with van der Waals surface area (Å²) in [5.41, 5.74) is 3.25. The van der Waals surface area contributed by atoms with Gasteiger partial charge < -0.3 is 8.98 Å². The molecule has 1 amide bonds. The normalized spacial score (nSPS) is 12.5. The van der Waals surface area contributed by atoms with Crippen LogP contribution in [-0.2, 0) is 23.1 Å². The van der Waals surface area contributed by atoms with Crippen molar-refractivity contribution in [3.05, 3.63) is 84.8 Å². The molecule has 0 aliphatic heterocycles. The van der Waals surface area contributed by atoms with Crippen LogP contribution in [0.5, 0.6) is 0 Å². The molecule has 0 aliphatic rings. The first-order valence-corrected chi connectivity index (χ1v) is 10.8. The van der Waals surface area contributed by atoms with E-state index in [1.807, 2.05) is 93.2 Å². The van der Waals surface area contributed by atoms with Crippen molar-refractivity contribution >= 4 is 6.41 Å². The van der Waals surface area contributed by atoms with Gasteiger partial charge in [-0.05, 0) is 50.6 Å². The Hall–Kier alpha value is -3.71. The van der Waals surface area contributed by atoms with E-state index in [9.17, 15) is 4.79 Å². The van der Waals surface area contributed by atoms with Gasteiger partial charge in [0.1, 0.15) is 17.6 Å². The Morgan fingerprint density at radius 2 is 1.82 bits per heavy atom. The SMILES string of the molecule is Cn1c(-c2ccc(-c3ccco3)cc2)cnc1[C@H](Cc1ccccn1)N(C=O)OC(C)(C)C. The Bertz CT molecular complexity index is 1180. The van der Waals surface area contributed by atoms with Crippen molar-refractivity contribution in [2.24, 2.45) is 7.05 Å². The van der Waals surface area contributed by atoms with E-state index in [4.69, 9.17) is 14.2 Å². The molecule has 3 aromatic heterocycles. The van der Waals surface area contributed by atoms with Crippen LogP contribution in [0.3, 0.4) is 0 Å². The summed E-state index contributed by atoms with van der Waals surface area (Å²) < 4.78 is 7.48. The van der Waals surface area contributed by atoms with Crippen LogP contribution in [0.2, 0.25) is 0 Å². The van der Waals surface area contributed by atoms with Crippen molar-refractivity contribution in [3.63, 3.8) is 0 Å². The van der Waals surface area contributed by atoms with Crippen molar-refractivity contribution in [2.45, 2.75) is 38.8 Å². The summed E-state index contributed by atoms with van der Waals surface area (Å²) in [6.45, 7) is 5.73. The average molecular weight is 445 g/mol. The molecule has 3 heterocycles. The highest BCUT2D eigenvalue weighted by molar-refractivity contribution is 5.66. The van der Waals surface area contributed by atoms with E-state index in [1.54, 1.807) is 12.5 Å². The van der Waals surface area contributed by atoms with Crippen LogP contribution in [0.15, 0.2) is 77.7 Å². The number of carbonyl (C=O) groups is 1. The van der Waals surface area contributed by atoms with E-state index < -0.39 is 11.6 Å². The summed E-state index contributed by atoms with van der Waals surface area (Å²) in [7, 11) is 1.95. The van der Waals surface area contributed by atoms with Crippen molar-refractivity contribution in [1.29, 1.82) is 0 Å². The highest BCUT2D eigenvalue weighted by Gasteiger charge is 2.29. The number of nitrogens with zero attached hydrogens (tertiary/aromatic N) is 4. The molecule has 33 heavy (non-hydrogen) atoms. The van der Waals surface area contributed by atoms with E-state index in [1.165, 1.54) is 5.06 Å². The predicted octanol–water partition coefficient (Wildman–Crippen LogP) is 5.21. The maximum absolute atomic E-state index is 12.1. The zero-order chi connectivity index (χ0) is 23.4. The van der Waals surface area contributed by atoms with Crippen LogP contribution in [0.1, 0.15) is 38.3 Å². The van der Waals surface area contributed by atoms with E-state index in [2.05, 4.69) is 4.98 Å². The minimum atomic E-state index is -0.543. The quantitative estimate of drug-likeness (QED) is 0.275.